The van der Waals surface area contributed by atoms with Gasteiger partial charge in [-0.3, -0.25) is 13.9 Å². The molecule has 3 aromatic rings. The van der Waals surface area contributed by atoms with Crippen LogP contribution in [0.4, 0.5) is 5.69 Å². The smallest absolute Gasteiger partial charge is 0.264 e. The molecule has 1 N–H and O–H groups in total. The molecular formula is C28H31Cl2N3O4S. The van der Waals surface area contributed by atoms with Crippen LogP contribution in [0.25, 0.3) is 0 Å². The number of sulfonamides is 1. The third kappa shape index (κ3) is 6.49. The zero-order valence-corrected chi connectivity index (χ0v) is 24.1. The molecule has 0 spiro atoms. The molecule has 10 heteroatoms. The van der Waals surface area contributed by atoms with Gasteiger partial charge in [0.25, 0.3) is 10.0 Å². The van der Waals surface area contributed by atoms with Gasteiger partial charge >= 0.3 is 0 Å². The Hall–Kier alpha value is -3.07. The minimum Gasteiger partial charge on any atom is -0.355 e. The van der Waals surface area contributed by atoms with Crippen molar-refractivity contribution in [3.8, 4) is 0 Å². The number of likely N-dealkylation sites (N-methyl/N-ethyl adjacent to an activating group) is 1. The second-order valence-corrected chi connectivity index (χ2v) is 11.5. The third-order valence-corrected chi connectivity index (χ3v) is 8.85. The van der Waals surface area contributed by atoms with Crippen molar-refractivity contribution in [2.24, 2.45) is 0 Å². The summed E-state index contributed by atoms with van der Waals surface area (Å²) >= 11 is 12.8. The average Bonchev–Trinajstić information content (AvgIpc) is 2.89. The molecule has 0 fully saturated rings. The molecule has 0 saturated heterocycles. The largest absolute Gasteiger partial charge is 0.355 e. The van der Waals surface area contributed by atoms with Crippen molar-refractivity contribution in [1.82, 2.24) is 10.2 Å². The highest BCUT2D eigenvalue weighted by Crippen LogP contribution is 2.30. The van der Waals surface area contributed by atoms with Gasteiger partial charge in [-0.15, -0.1) is 0 Å². The molecule has 0 aromatic heterocycles. The number of anilines is 1. The van der Waals surface area contributed by atoms with Crippen LogP contribution in [0.2, 0.25) is 10.0 Å². The number of aryl methyl sites for hydroxylation is 1. The molecule has 38 heavy (non-hydrogen) atoms. The number of carbonyl (C=O) groups is 2. The summed E-state index contributed by atoms with van der Waals surface area (Å²) in [5, 5.41) is 3.39. The minimum absolute atomic E-state index is 0.0474. The molecule has 0 saturated carbocycles. The molecule has 202 valence electrons. The fourth-order valence-electron chi connectivity index (χ4n) is 4.00. The number of benzene rings is 3. The molecule has 3 aromatic carbocycles. The molecule has 0 radical (unpaired) electrons. The van der Waals surface area contributed by atoms with Gasteiger partial charge in [0.1, 0.15) is 12.6 Å². The Bertz CT molecular complexity index is 1390. The van der Waals surface area contributed by atoms with Gasteiger partial charge < -0.3 is 10.2 Å². The highest BCUT2D eigenvalue weighted by atomic mass is 35.5. The summed E-state index contributed by atoms with van der Waals surface area (Å²) in [4.78, 5) is 28.1. The van der Waals surface area contributed by atoms with Gasteiger partial charge in [0.2, 0.25) is 11.8 Å². The Morgan fingerprint density at radius 3 is 2.13 bits per heavy atom. The van der Waals surface area contributed by atoms with Crippen molar-refractivity contribution < 1.29 is 18.0 Å². The summed E-state index contributed by atoms with van der Waals surface area (Å²) in [5.41, 5.74) is 2.43. The van der Waals surface area contributed by atoms with Crippen molar-refractivity contribution in [3.05, 3.63) is 93.5 Å². The van der Waals surface area contributed by atoms with E-state index < -0.39 is 28.5 Å². The van der Waals surface area contributed by atoms with Crippen LogP contribution in [-0.2, 0) is 26.2 Å². The normalized spacial score (nSPS) is 12.1. The summed E-state index contributed by atoms with van der Waals surface area (Å²) in [6.45, 7) is 6.79. The van der Waals surface area contributed by atoms with Gasteiger partial charge in [-0.1, -0.05) is 59.6 Å². The highest BCUT2D eigenvalue weighted by molar-refractivity contribution is 7.92. The summed E-state index contributed by atoms with van der Waals surface area (Å²) < 4.78 is 28.8. The Kier molecular flexibility index (Phi) is 9.82. The van der Waals surface area contributed by atoms with Gasteiger partial charge in [0.05, 0.1) is 10.6 Å². The number of hydrogen-bond donors (Lipinski definition) is 1. The lowest BCUT2D eigenvalue weighted by molar-refractivity contribution is -0.139. The zero-order valence-electron chi connectivity index (χ0n) is 21.7. The number of nitrogens with one attached hydrogen (secondary N) is 1. The van der Waals surface area contributed by atoms with Gasteiger partial charge in [-0.05, 0) is 69.2 Å². The number of amides is 2. The van der Waals surface area contributed by atoms with Crippen molar-refractivity contribution in [3.63, 3.8) is 0 Å². The molecule has 7 nitrogen and oxygen atoms in total. The number of rotatable bonds is 10. The van der Waals surface area contributed by atoms with E-state index in [9.17, 15) is 18.0 Å². The zero-order chi connectivity index (χ0) is 28.0. The Labute approximate surface area is 234 Å². The molecule has 0 heterocycles. The van der Waals surface area contributed by atoms with Crippen LogP contribution < -0.4 is 9.62 Å². The molecule has 0 aliphatic heterocycles. The average molecular weight is 577 g/mol. The molecule has 0 bridgehead atoms. The van der Waals surface area contributed by atoms with Gasteiger partial charge in [0, 0.05) is 28.7 Å². The number of halogens is 2. The van der Waals surface area contributed by atoms with Crippen molar-refractivity contribution in [2.45, 2.75) is 45.2 Å². The second kappa shape index (κ2) is 12.7. The molecule has 0 unspecified atom stereocenters. The molecule has 2 amide bonds. The van der Waals surface area contributed by atoms with Crippen LogP contribution in [0.1, 0.15) is 30.5 Å². The second-order valence-electron chi connectivity index (χ2n) is 8.84. The maximum absolute atomic E-state index is 13.9. The lowest BCUT2D eigenvalue weighted by Gasteiger charge is -2.33. The standard InChI is InChI=1S/C28H31Cl2N3O4S/c1-5-31-28(35)21(4)32(17-23-24(29)14-10-15-25(23)30)27(34)18-33(26-16-9-11-19(2)20(26)3)38(36,37)22-12-7-6-8-13-22/h6-16,21H,5,17-18H2,1-4H3,(H,31,35)/t21-/m0/s1. The van der Waals surface area contributed by atoms with Crippen molar-refractivity contribution >= 4 is 50.7 Å². The molecule has 1 atom stereocenters. The molecule has 0 aliphatic rings. The van der Waals surface area contributed by atoms with E-state index >= 15 is 0 Å². The highest BCUT2D eigenvalue weighted by Gasteiger charge is 2.33. The van der Waals surface area contributed by atoms with Gasteiger partial charge in [-0.25, -0.2) is 8.42 Å². The molecular weight excluding hydrogens is 545 g/mol. The fourth-order valence-corrected chi connectivity index (χ4v) is 6.01. The van der Waals surface area contributed by atoms with E-state index in [4.69, 9.17) is 23.2 Å². The van der Waals surface area contributed by atoms with Crippen LogP contribution in [0.3, 0.4) is 0 Å². The predicted octanol–water partition coefficient (Wildman–Crippen LogP) is 5.36. The number of carbonyl (C=O) groups excluding carboxylic acids is 2. The first kappa shape index (κ1) is 29.5. The first-order valence-electron chi connectivity index (χ1n) is 12.1. The SMILES string of the molecule is CCNC(=O)[C@H](C)N(Cc1c(Cl)cccc1Cl)C(=O)CN(c1cccc(C)c1C)S(=O)(=O)c1ccccc1. The maximum Gasteiger partial charge on any atom is 0.264 e. The number of nitrogens with zero attached hydrogens (tertiary/aromatic N) is 2. The first-order valence-corrected chi connectivity index (χ1v) is 14.3. The predicted molar refractivity (Wildman–Crippen MR) is 152 cm³/mol. The fraction of sp³-hybridized carbons (Fsp3) is 0.286. The quantitative estimate of drug-likeness (QED) is 0.352. The molecule has 3 rings (SSSR count). The van der Waals surface area contributed by atoms with Gasteiger partial charge in [-0.2, -0.15) is 0 Å². The van der Waals surface area contributed by atoms with E-state index in [1.807, 2.05) is 13.0 Å². The Morgan fingerprint density at radius 1 is 0.921 bits per heavy atom. The molecule has 0 aliphatic carbocycles. The topological polar surface area (TPSA) is 86.8 Å². The van der Waals surface area contributed by atoms with E-state index in [-0.39, 0.29) is 17.3 Å². The van der Waals surface area contributed by atoms with E-state index in [1.165, 1.54) is 17.0 Å². The summed E-state index contributed by atoms with van der Waals surface area (Å²) in [7, 11) is -4.13. The summed E-state index contributed by atoms with van der Waals surface area (Å²) in [5.74, 6) is -0.964. The number of hydrogen-bond acceptors (Lipinski definition) is 4. The van der Waals surface area contributed by atoms with Crippen LogP contribution >= 0.6 is 23.2 Å². The van der Waals surface area contributed by atoms with Crippen molar-refractivity contribution in [2.75, 3.05) is 17.4 Å². The third-order valence-electron chi connectivity index (χ3n) is 6.36. The lowest BCUT2D eigenvalue weighted by Crippen LogP contribution is -2.51. The van der Waals surface area contributed by atoms with Crippen LogP contribution in [0.5, 0.6) is 0 Å². The van der Waals surface area contributed by atoms with E-state index in [2.05, 4.69) is 5.32 Å². The summed E-state index contributed by atoms with van der Waals surface area (Å²) in [6, 6.07) is 17.3. The van der Waals surface area contributed by atoms with Crippen LogP contribution in [0, 0.1) is 13.8 Å². The van der Waals surface area contributed by atoms with E-state index in [0.29, 0.717) is 27.8 Å². The first-order chi connectivity index (χ1) is 18.0. The van der Waals surface area contributed by atoms with Crippen molar-refractivity contribution in [1.29, 1.82) is 0 Å². The Morgan fingerprint density at radius 2 is 1.53 bits per heavy atom. The van der Waals surface area contributed by atoms with E-state index in [1.54, 1.807) is 69.3 Å². The summed E-state index contributed by atoms with van der Waals surface area (Å²) in [6.07, 6.45) is 0. The monoisotopic (exact) mass is 575 g/mol. The van der Waals surface area contributed by atoms with E-state index in [0.717, 1.165) is 15.4 Å². The lowest BCUT2D eigenvalue weighted by atomic mass is 10.1. The maximum atomic E-state index is 13.9. The van der Waals surface area contributed by atoms with Gasteiger partial charge in [0.15, 0.2) is 0 Å². The van der Waals surface area contributed by atoms with Crippen LogP contribution in [-0.4, -0.2) is 44.3 Å². The Balaban J connectivity index is 2.10. The van der Waals surface area contributed by atoms with Crippen LogP contribution in [0.15, 0.2) is 71.6 Å². The minimum atomic E-state index is -4.13.